The standard InChI is InChI=1S/C15H17NO5/c1-19-13-10-11(6-7-12(13)14(17)20-2)21-15(18)16-8-4-3-5-9-16/h3-4,6-7,10H,5,8-9H2,1-2H3. The Morgan fingerprint density at radius 1 is 1.19 bits per heavy atom. The van der Waals surface area contributed by atoms with Crippen molar-refractivity contribution in [3.8, 4) is 11.5 Å². The molecule has 0 atom stereocenters. The van der Waals surface area contributed by atoms with Crippen molar-refractivity contribution in [2.45, 2.75) is 6.42 Å². The van der Waals surface area contributed by atoms with Crippen molar-refractivity contribution in [2.24, 2.45) is 0 Å². The summed E-state index contributed by atoms with van der Waals surface area (Å²) >= 11 is 0. The topological polar surface area (TPSA) is 65.1 Å². The number of carbonyl (C=O) groups excluding carboxylic acids is 2. The van der Waals surface area contributed by atoms with E-state index in [1.165, 1.54) is 32.4 Å². The molecular formula is C15H17NO5. The Kier molecular flexibility index (Phi) is 4.81. The van der Waals surface area contributed by atoms with Gasteiger partial charge in [-0.25, -0.2) is 9.59 Å². The van der Waals surface area contributed by atoms with E-state index in [9.17, 15) is 9.59 Å². The number of carbonyl (C=O) groups is 2. The zero-order valence-electron chi connectivity index (χ0n) is 12.0. The van der Waals surface area contributed by atoms with E-state index in [-0.39, 0.29) is 5.56 Å². The van der Waals surface area contributed by atoms with E-state index in [0.29, 0.717) is 24.6 Å². The number of rotatable bonds is 3. The van der Waals surface area contributed by atoms with Crippen LogP contribution < -0.4 is 9.47 Å². The molecule has 1 aromatic carbocycles. The van der Waals surface area contributed by atoms with E-state index >= 15 is 0 Å². The Balaban J connectivity index is 2.12. The van der Waals surface area contributed by atoms with Gasteiger partial charge in [0.15, 0.2) is 0 Å². The van der Waals surface area contributed by atoms with Crippen LogP contribution in [0.3, 0.4) is 0 Å². The summed E-state index contributed by atoms with van der Waals surface area (Å²) in [6.45, 7) is 1.17. The van der Waals surface area contributed by atoms with Gasteiger partial charge in [-0.05, 0) is 18.6 Å². The first-order chi connectivity index (χ1) is 10.2. The summed E-state index contributed by atoms with van der Waals surface area (Å²) in [4.78, 5) is 25.1. The number of ether oxygens (including phenoxy) is 3. The van der Waals surface area contributed by atoms with Crippen molar-refractivity contribution in [3.05, 3.63) is 35.9 Å². The van der Waals surface area contributed by atoms with E-state index in [1.54, 1.807) is 4.90 Å². The predicted octanol–water partition coefficient (Wildman–Crippen LogP) is 2.24. The molecule has 0 saturated carbocycles. The van der Waals surface area contributed by atoms with Crippen LogP contribution in [0.25, 0.3) is 0 Å². The Hall–Kier alpha value is -2.50. The summed E-state index contributed by atoms with van der Waals surface area (Å²) in [5, 5.41) is 0. The molecule has 0 saturated heterocycles. The highest BCUT2D eigenvalue weighted by molar-refractivity contribution is 5.92. The maximum atomic E-state index is 12.0. The highest BCUT2D eigenvalue weighted by Crippen LogP contribution is 2.25. The second-order valence-electron chi connectivity index (χ2n) is 4.43. The molecule has 1 amide bonds. The van der Waals surface area contributed by atoms with Crippen molar-refractivity contribution in [3.63, 3.8) is 0 Å². The van der Waals surface area contributed by atoms with Gasteiger partial charge in [-0.15, -0.1) is 0 Å². The zero-order valence-corrected chi connectivity index (χ0v) is 12.0. The van der Waals surface area contributed by atoms with Gasteiger partial charge in [-0.3, -0.25) is 0 Å². The van der Waals surface area contributed by atoms with E-state index < -0.39 is 12.1 Å². The Morgan fingerprint density at radius 3 is 2.62 bits per heavy atom. The fourth-order valence-corrected chi connectivity index (χ4v) is 1.99. The lowest BCUT2D eigenvalue weighted by Crippen LogP contribution is -2.35. The van der Waals surface area contributed by atoms with Gasteiger partial charge in [0.05, 0.1) is 14.2 Å². The smallest absolute Gasteiger partial charge is 0.415 e. The lowest BCUT2D eigenvalue weighted by atomic mass is 10.2. The number of hydrogen-bond acceptors (Lipinski definition) is 5. The van der Waals surface area contributed by atoms with Gasteiger partial charge in [-0.1, -0.05) is 12.2 Å². The molecule has 0 radical (unpaired) electrons. The third-order valence-corrected chi connectivity index (χ3v) is 3.10. The molecule has 1 aliphatic rings. The van der Waals surface area contributed by atoms with Gasteiger partial charge < -0.3 is 19.1 Å². The fraction of sp³-hybridized carbons (Fsp3) is 0.333. The number of methoxy groups -OCH3 is 2. The molecule has 0 fully saturated rings. The van der Waals surface area contributed by atoms with Gasteiger partial charge in [0, 0.05) is 19.2 Å². The van der Waals surface area contributed by atoms with Crippen LogP contribution in [-0.2, 0) is 4.74 Å². The highest BCUT2D eigenvalue weighted by atomic mass is 16.6. The third-order valence-electron chi connectivity index (χ3n) is 3.10. The van der Waals surface area contributed by atoms with E-state index in [0.717, 1.165) is 6.42 Å². The largest absolute Gasteiger partial charge is 0.496 e. The highest BCUT2D eigenvalue weighted by Gasteiger charge is 2.18. The van der Waals surface area contributed by atoms with Crippen LogP contribution in [0.5, 0.6) is 11.5 Å². The van der Waals surface area contributed by atoms with Crippen LogP contribution in [0.15, 0.2) is 30.4 Å². The first-order valence-corrected chi connectivity index (χ1v) is 6.54. The van der Waals surface area contributed by atoms with Crippen molar-refractivity contribution in [1.82, 2.24) is 4.90 Å². The van der Waals surface area contributed by atoms with Crippen molar-refractivity contribution in [2.75, 3.05) is 27.3 Å². The first-order valence-electron chi connectivity index (χ1n) is 6.54. The minimum Gasteiger partial charge on any atom is -0.496 e. The van der Waals surface area contributed by atoms with Gasteiger partial charge >= 0.3 is 12.1 Å². The molecule has 0 unspecified atom stereocenters. The molecule has 2 rings (SSSR count). The molecule has 0 spiro atoms. The summed E-state index contributed by atoms with van der Waals surface area (Å²) in [6.07, 6.45) is 4.34. The lowest BCUT2D eigenvalue weighted by molar-refractivity contribution is 0.0597. The van der Waals surface area contributed by atoms with Crippen LogP contribution in [0.4, 0.5) is 4.79 Å². The molecule has 1 heterocycles. The fourth-order valence-electron chi connectivity index (χ4n) is 1.99. The van der Waals surface area contributed by atoms with Gasteiger partial charge in [0.25, 0.3) is 0 Å². The summed E-state index contributed by atoms with van der Waals surface area (Å²) in [5.41, 5.74) is 0.278. The molecule has 6 nitrogen and oxygen atoms in total. The average molecular weight is 291 g/mol. The van der Waals surface area contributed by atoms with Crippen molar-refractivity contribution in [1.29, 1.82) is 0 Å². The Morgan fingerprint density at radius 2 is 2.00 bits per heavy atom. The summed E-state index contributed by atoms with van der Waals surface area (Å²) in [5.74, 6) is 0.107. The maximum Gasteiger partial charge on any atom is 0.415 e. The van der Waals surface area contributed by atoms with Crippen molar-refractivity contribution < 1.29 is 23.8 Å². The molecule has 0 aliphatic carbocycles. The molecule has 0 N–H and O–H groups in total. The number of hydrogen-bond donors (Lipinski definition) is 0. The molecule has 112 valence electrons. The van der Waals surface area contributed by atoms with Crippen molar-refractivity contribution >= 4 is 12.1 Å². The third kappa shape index (κ3) is 3.53. The van der Waals surface area contributed by atoms with E-state index in [2.05, 4.69) is 4.74 Å². The maximum absolute atomic E-state index is 12.0. The monoisotopic (exact) mass is 291 g/mol. The quantitative estimate of drug-likeness (QED) is 0.631. The van der Waals surface area contributed by atoms with E-state index in [1.807, 2.05) is 12.2 Å². The second-order valence-corrected chi connectivity index (χ2v) is 4.43. The summed E-state index contributed by atoms with van der Waals surface area (Å²) < 4.78 is 15.1. The Labute approximate surface area is 122 Å². The summed E-state index contributed by atoms with van der Waals surface area (Å²) in [6, 6.07) is 4.53. The SMILES string of the molecule is COC(=O)c1ccc(OC(=O)N2CC=CCC2)cc1OC. The summed E-state index contributed by atoms with van der Waals surface area (Å²) in [7, 11) is 2.72. The van der Waals surface area contributed by atoms with Gasteiger partial charge in [-0.2, -0.15) is 0 Å². The molecular weight excluding hydrogens is 274 g/mol. The van der Waals surface area contributed by atoms with E-state index in [4.69, 9.17) is 9.47 Å². The number of nitrogens with zero attached hydrogens (tertiary/aromatic N) is 1. The molecule has 0 aromatic heterocycles. The van der Waals surface area contributed by atoms with Crippen LogP contribution in [0, 0.1) is 0 Å². The second kappa shape index (κ2) is 6.78. The number of esters is 1. The lowest BCUT2D eigenvalue weighted by Gasteiger charge is -2.22. The minimum absolute atomic E-state index is 0.278. The average Bonchev–Trinajstić information content (AvgIpc) is 2.54. The normalized spacial score (nSPS) is 13.7. The van der Waals surface area contributed by atoms with Crippen LogP contribution in [-0.4, -0.2) is 44.3 Å². The molecule has 0 bridgehead atoms. The molecule has 1 aromatic rings. The first kappa shape index (κ1) is 14.9. The molecule has 1 aliphatic heterocycles. The van der Waals surface area contributed by atoms with Gasteiger partial charge in [0.1, 0.15) is 17.1 Å². The van der Waals surface area contributed by atoms with Crippen LogP contribution in [0.2, 0.25) is 0 Å². The molecule has 21 heavy (non-hydrogen) atoms. The Bertz CT molecular complexity index is 567. The van der Waals surface area contributed by atoms with Crippen LogP contribution >= 0.6 is 0 Å². The number of amides is 1. The molecule has 6 heteroatoms. The number of benzene rings is 1. The minimum atomic E-state index is -0.508. The van der Waals surface area contributed by atoms with Gasteiger partial charge in [0.2, 0.25) is 0 Å². The zero-order chi connectivity index (χ0) is 15.2. The van der Waals surface area contributed by atoms with Crippen LogP contribution in [0.1, 0.15) is 16.8 Å². The predicted molar refractivity (Wildman–Crippen MR) is 75.7 cm³/mol.